The molecule has 0 saturated heterocycles. The molecule has 88 valence electrons. The number of halogens is 3. The third kappa shape index (κ3) is 3.01. The molecular weight excluding hydrogens is 282 g/mol. The zero-order valence-electron chi connectivity index (χ0n) is 8.73. The van der Waals surface area contributed by atoms with E-state index in [-0.39, 0.29) is 29.5 Å². The van der Waals surface area contributed by atoms with Gasteiger partial charge in [0.25, 0.3) is 0 Å². The lowest BCUT2D eigenvalue weighted by atomic mass is 10.0. The molecule has 0 aromatic heterocycles. The molecule has 0 aliphatic carbocycles. The summed E-state index contributed by atoms with van der Waals surface area (Å²) in [5, 5.41) is 0.158. The molecule has 0 N–H and O–H groups in total. The standard InChI is InChI=1S/C11H11BrF2O2/c1-2-16-11(15)5-7-8(6-12)10(14)4-3-9(7)13/h3-4H,2,5-6H2,1H3. The number of hydrogen-bond acceptors (Lipinski definition) is 2. The first-order chi connectivity index (χ1) is 7.60. The van der Waals surface area contributed by atoms with Crippen LogP contribution in [0.25, 0.3) is 0 Å². The van der Waals surface area contributed by atoms with Gasteiger partial charge in [-0.25, -0.2) is 8.78 Å². The Kier molecular flexibility index (Phi) is 4.86. The molecule has 16 heavy (non-hydrogen) atoms. The van der Waals surface area contributed by atoms with Gasteiger partial charge in [-0.2, -0.15) is 0 Å². The van der Waals surface area contributed by atoms with Crippen molar-refractivity contribution in [3.05, 3.63) is 34.9 Å². The molecule has 1 rings (SSSR count). The summed E-state index contributed by atoms with van der Waals surface area (Å²) < 4.78 is 31.4. The first kappa shape index (κ1) is 13.1. The van der Waals surface area contributed by atoms with Gasteiger partial charge in [-0.3, -0.25) is 4.79 Å². The lowest BCUT2D eigenvalue weighted by Gasteiger charge is -2.09. The van der Waals surface area contributed by atoms with Crippen molar-refractivity contribution in [2.75, 3.05) is 6.61 Å². The molecule has 0 fully saturated rings. The van der Waals surface area contributed by atoms with Crippen LogP contribution in [0, 0.1) is 11.6 Å². The van der Waals surface area contributed by atoms with Gasteiger partial charge in [0, 0.05) is 16.5 Å². The van der Waals surface area contributed by atoms with Gasteiger partial charge in [-0.1, -0.05) is 15.9 Å². The van der Waals surface area contributed by atoms with E-state index in [2.05, 4.69) is 15.9 Å². The van der Waals surface area contributed by atoms with Crippen LogP contribution < -0.4 is 0 Å². The number of benzene rings is 1. The second-order valence-corrected chi connectivity index (χ2v) is 3.66. The highest BCUT2D eigenvalue weighted by Gasteiger charge is 2.16. The molecule has 0 atom stereocenters. The van der Waals surface area contributed by atoms with Crippen LogP contribution in [0.4, 0.5) is 8.78 Å². The van der Waals surface area contributed by atoms with Gasteiger partial charge in [-0.05, 0) is 19.1 Å². The summed E-state index contributed by atoms with van der Waals surface area (Å²) in [6.07, 6.45) is -0.252. The van der Waals surface area contributed by atoms with E-state index in [0.717, 1.165) is 12.1 Å². The molecule has 0 bridgehead atoms. The molecule has 0 radical (unpaired) electrons. The van der Waals surface area contributed by atoms with Crippen LogP contribution in [0.5, 0.6) is 0 Å². The van der Waals surface area contributed by atoms with Gasteiger partial charge >= 0.3 is 5.97 Å². The highest BCUT2D eigenvalue weighted by molar-refractivity contribution is 9.08. The topological polar surface area (TPSA) is 26.3 Å². The van der Waals surface area contributed by atoms with Gasteiger partial charge in [0.2, 0.25) is 0 Å². The normalized spacial score (nSPS) is 10.2. The van der Waals surface area contributed by atoms with Gasteiger partial charge in [0.15, 0.2) is 0 Å². The van der Waals surface area contributed by atoms with Gasteiger partial charge in [0.1, 0.15) is 11.6 Å². The average molecular weight is 293 g/mol. The van der Waals surface area contributed by atoms with Crippen LogP contribution in [0.1, 0.15) is 18.1 Å². The zero-order valence-corrected chi connectivity index (χ0v) is 10.3. The molecule has 0 amide bonds. The summed E-state index contributed by atoms with van der Waals surface area (Å²) in [7, 11) is 0. The van der Waals surface area contributed by atoms with Crippen LogP contribution in [-0.2, 0) is 21.3 Å². The van der Waals surface area contributed by atoms with E-state index in [0.29, 0.717) is 0 Å². The number of alkyl halides is 1. The Morgan fingerprint density at radius 2 is 1.88 bits per heavy atom. The largest absolute Gasteiger partial charge is 0.466 e. The number of rotatable bonds is 4. The minimum atomic E-state index is -0.594. The molecular formula is C11H11BrF2O2. The maximum absolute atomic E-state index is 13.4. The highest BCUT2D eigenvalue weighted by Crippen LogP contribution is 2.21. The minimum absolute atomic E-state index is 0.0512. The number of hydrogen-bond donors (Lipinski definition) is 0. The van der Waals surface area contributed by atoms with Crippen molar-refractivity contribution in [2.45, 2.75) is 18.7 Å². The van der Waals surface area contributed by atoms with Crippen LogP contribution in [0.3, 0.4) is 0 Å². The van der Waals surface area contributed by atoms with E-state index >= 15 is 0 Å². The van der Waals surface area contributed by atoms with Crippen molar-refractivity contribution in [2.24, 2.45) is 0 Å². The fourth-order valence-corrected chi connectivity index (χ4v) is 1.93. The number of ether oxygens (including phenoxy) is 1. The highest BCUT2D eigenvalue weighted by atomic mass is 79.9. The van der Waals surface area contributed by atoms with Crippen LogP contribution >= 0.6 is 15.9 Å². The van der Waals surface area contributed by atoms with Gasteiger partial charge in [-0.15, -0.1) is 0 Å². The van der Waals surface area contributed by atoms with Crippen LogP contribution in [0.15, 0.2) is 12.1 Å². The van der Waals surface area contributed by atoms with Crippen molar-refractivity contribution in [3.8, 4) is 0 Å². The van der Waals surface area contributed by atoms with Crippen molar-refractivity contribution in [1.82, 2.24) is 0 Å². The molecule has 2 nitrogen and oxygen atoms in total. The number of carbonyl (C=O) groups is 1. The molecule has 0 heterocycles. The molecule has 0 spiro atoms. The van der Waals surface area contributed by atoms with E-state index in [1.165, 1.54) is 0 Å². The number of esters is 1. The van der Waals surface area contributed by atoms with Crippen LogP contribution in [0.2, 0.25) is 0 Å². The fraction of sp³-hybridized carbons (Fsp3) is 0.364. The Balaban J connectivity index is 3.01. The second kappa shape index (κ2) is 5.94. The van der Waals surface area contributed by atoms with Crippen molar-refractivity contribution in [3.63, 3.8) is 0 Å². The lowest BCUT2D eigenvalue weighted by molar-refractivity contribution is -0.142. The molecule has 0 unspecified atom stereocenters. The molecule has 1 aromatic rings. The predicted octanol–water partition coefficient (Wildman–Crippen LogP) is 2.97. The molecule has 5 heteroatoms. The predicted molar refractivity (Wildman–Crippen MR) is 59.3 cm³/mol. The molecule has 0 aliphatic rings. The van der Waals surface area contributed by atoms with E-state index in [4.69, 9.17) is 4.74 Å². The Labute approximate surface area is 101 Å². The van der Waals surface area contributed by atoms with E-state index in [1.807, 2.05) is 0 Å². The first-order valence-electron chi connectivity index (χ1n) is 4.77. The van der Waals surface area contributed by atoms with Gasteiger partial charge in [0.05, 0.1) is 13.0 Å². The summed E-state index contributed by atoms with van der Waals surface area (Å²) in [6, 6.07) is 2.05. The Morgan fingerprint density at radius 1 is 1.31 bits per heavy atom. The van der Waals surface area contributed by atoms with Crippen LogP contribution in [-0.4, -0.2) is 12.6 Å². The Hall–Kier alpha value is -0.970. The molecule has 1 aromatic carbocycles. The first-order valence-corrected chi connectivity index (χ1v) is 5.89. The van der Waals surface area contributed by atoms with E-state index in [9.17, 15) is 13.6 Å². The third-order valence-electron chi connectivity index (χ3n) is 2.08. The summed E-state index contributed by atoms with van der Waals surface area (Å²) in [6.45, 7) is 1.88. The zero-order chi connectivity index (χ0) is 12.1. The summed E-state index contributed by atoms with van der Waals surface area (Å²) in [5.41, 5.74) is 0.211. The molecule has 0 aliphatic heterocycles. The quantitative estimate of drug-likeness (QED) is 0.630. The Bertz CT molecular complexity index is 394. The average Bonchev–Trinajstić information content (AvgIpc) is 2.24. The third-order valence-corrected chi connectivity index (χ3v) is 2.64. The van der Waals surface area contributed by atoms with Crippen molar-refractivity contribution in [1.29, 1.82) is 0 Å². The maximum Gasteiger partial charge on any atom is 0.310 e. The lowest BCUT2D eigenvalue weighted by Crippen LogP contribution is -2.11. The van der Waals surface area contributed by atoms with E-state index in [1.54, 1.807) is 6.92 Å². The SMILES string of the molecule is CCOC(=O)Cc1c(F)ccc(F)c1CBr. The summed E-state index contributed by atoms with van der Waals surface area (Å²) >= 11 is 3.06. The second-order valence-electron chi connectivity index (χ2n) is 3.10. The minimum Gasteiger partial charge on any atom is -0.466 e. The monoisotopic (exact) mass is 292 g/mol. The van der Waals surface area contributed by atoms with E-state index < -0.39 is 17.6 Å². The number of carbonyl (C=O) groups excluding carboxylic acids is 1. The summed E-state index contributed by atoms with van der Waals surface area (Å²) in [5.74, 6) is -1.68. The maximum atomic E-state index is 13.4. The Morgan fingerprint density at radius 3 is 2.38 bits per heavy atom. The van der Waals surface area contributed by atoms with Gasteiger partial charge < -0.3 is 4.74 Å². The summed E-state index contributed by atoms with van der Waals surface area (Å²) in [4.78, 5) is 11.2. The van der Waals surface area contributed by atoms with Crippen molar-refractivity contribution >= 4 is 21.9 Å². The molecule has 0 saturated carbocycles. The fourth-order valence-electron chi connectivity index (χ4n) is 1.33. The van der Waals surface area contributed by atoms with Crippen molar-refractivity contribution < 1.29 is 18.3 Å². The smallest absolute Gasteiger partial charge is 0.310 e.